The molecule has 16 heavy (non-hydrogen) atoms. The quantitative estimate of drug-likeness (QED) is 0.656. The fourth-order valence-corrected chi connectivity index (χ4v) is 1.04. The predicted octanol–water partition coefficient (Wildman–Crippen LogP) is 0.943. The molecule has 1 aromatic rings. The number of nitriles is 1. The van der Waals surface area contributed by atoms with E-state index in [0.717, 1.165) is 6.07 Å². The summed E-state index contributed by atoms with van der Waals surface area (Å²) < 4.78 is 0. The number of phenols is 1. The van der Waals surface area contributed by atoms with Crippen LogP contribution in [0.25, 0.3) is 0 Å². The van der Waals surface area contributed by atoms with Crippen LogP contribution in [-0.4, -0.2) is 22.1 Å². The number of nitrogens with one attached hydrogen (secondary N) is 1. The molecule has 0 atom stereocenters. The molecular weight excluding hydrogens is 212 g/mol. The first-order valence-electron chi connectivity index (χ1n) is 4.27. The topological polar surface area (TPSA) is 110 Å². The third-order valence-electron chi connectivity index (χ3n) is 1.76. The summed E-state index contributed by atoms with van der Waals surface area (Å²) in [4.78, 5) is 21.6. The highest BCUT2D eigenvalue weighted by Gasteiger charge is 2.09. The van der Waals surface area contributed by atoms with Gasteiger partial charge in [-0.2, -0.15) is 5.26 Å². The van der Waals surface area contributed by atoms with E-state index in [0.29, 0.717) is 0 Å². The number of anilines is 1. The van der Waals surface area contributed by atoms with Gasteiger partial charge in [0.2, 0.25) is 5.91 Å². The van der Waals surface area contributed by atoms with Crippen molar-refractivity contribution in [1.82, 2.24) is 0 Å². The molecule has 0 saturated heterocycles. The lowest BCUT2D eigenvalue weighted by atomic mass is 10.2. The van der Waals surface area contributed by atoms with Gasteiger partial charge in [-0.05, 0) is 18.2 Å². The van der Waals surface area contributed by atoms with E-state index in [1.54, 1.807) is 6.07 Å². The molecule has 0 unspecified atom stereocenters. The van der Waals surface area contributed by atoms with Gasteiger partial charge in [0.25, 0.3) is 0 Å². The van der Waals surface area contributed by atoms with Gasteiger partial charge in [0.05, 0.1) is 17.3 Å². The second-order valence-electron chi connectivity index (χ2n) is 2.92. The number of nitrogens with zero attached hydrogens (tertiary/aromatic N) is 1. The van der Waals surface area contributed by atoms with Gasteiger partial charge in [0, 0.05) is 0 Å². The SMILES string of the molecule is N#CCC(=O)Nc1ccc(C(=O)O)cc1O. The van der Waals surface area contributed by atoms with E-state index in [9.17, 15) is 14.7 Å². The van der Waals surface area contributed by atoms with E-state index in [1.165, 1.54) is 12.1 Å². The maximum absolute atomic E-state index is 11.0. The Morgan fingerprint density at radius 3 is 2.62 bits per heavy atom. The van der Waals surface area contributed by atoms with E-state index >= 15 is 0 Å². The molecule has 0 aromatic heterocycles. The molecule has 0 bridgehead atoms. The van der Waals surface area contributed by atoms with Crippen LogP contribution in [0.15, 0.2) is 18.2 Å². The number of rotatable bonds is 3. The van der Waals surface area contributed by atoms with E-state index < -0.39 is 11.9 Å². The number of carbonyl (C=O) groups is 2. The Bertz CT molecular complexity index is 476. The van der Waals surface area contributed by atoms with Crippen molar-refractivity contribution in [2.24, 2.45) is 0 Å². The average molecular weight is 220 g/mol. The van der Waals surface area contributed by atoms with Gasteiger partial charge < -0.3 is 15.5 Å². The maximum Gasteiger partial charge on any atom is 0.335 e. The highest BCUT2D eigenvalue weighted by Crippen LogP contribution is 2.24. The van der Waals surface area contributed by atoms with Gasteiger partial charge in [-0.1, -0.05) is 0 Å². The Hall–Kier alpha value is -2.55. The largest absolute Gasteiger partial charge is 0.506 e. The van der Waals surface area contributed by atoms with Gasteiger partial charge in [0.1, 0.15) is 12.2 Å². The minimum atomic E-state index is -1.18. The van der Waals surface area contributed by atoms with Crippen LogP contribution < -0.4 is 5.32 Å². The normalized spacial score (nSPS) is 9.19. The number of aromatic carboxylic acids is 1. The summed E-state index contributed by atoms with van der Waals surface area (Å²) in [5.41, 5.74) is -0.0129. The van der Waals surface area contributed by atoms with E-state index in [-0.39, 0.29) is 23.4 Å². The van der Waals surface area contributed by atoms with Gasteiger partial charge in [-0.3, -0.25) is 4.79 Å². The molecule has 0 spiro atoms. The number of carbonyl (C=O) groups excluding carboxylic acids is 1. The molecule has 6 nitrogen and oxygen atoms in total. The lowest BCUT2D eigenvalue weighted by Crippen LogP contribution is -2.10. The zero-order valence-corrected chi connectivity index (χ0v) is 8.10. The zero-order valence-electron chi connectivity index (χ0n) is 8.10. The van der Waals surface area contributed by atoms with Crippen LogP contribution in [0, 0.1) is 11.3 Å². The van der Waals surface area contributed by atoms with Crippen LogP contribution in [-0.2, 0) is 4.79 Å². The number of aromatic hydroxyl groups is 1. The van der Waals surface area contributed by atoms with Crippen molar-refractivity contribution in [3.63, 3.8) is 0 Å². The van der Waals surface area contributed by atoms with Crippen LogP contribution in [0.3, 0.4) is 0 Å². The lowest BCUT2D eigenvalue weighted by molar-refractivity contribution is -0.115. The molecule has 0 radical (unpaired) electrons. The van der Waals surface area contributed by atoms with Crippen molar-refractivity contribution in [3.8, 4) is 11.8 Å². The zero-order chi connectivity index (χ0) is 12.1. The Morgan fingerprint density at radius 2 is 2.12 bits per heavy atom. The number of carboxylic acids is 1. The van der Waals surface area contributed by atoms with E-state index in [2.05, 4.69) is 5.32 Å². The second-order valence-corrected chi connectivity index (χ2v) is 2.92. The Balaban J connectivity index is 2.88. The number of hydrogen-bond donors (Lipinski definition) is 3. The van der Waals surface area contributed by atoms with E-state index in [4.69, 9.17) is 10.4 Å². The molecule has 0 aliphatic heterocycles. The first kappa shape index (κ1) is 11.5. The highest BCUT2D eigenvalue weighted by atomic mass is 16.4. The number of phenolic OH excluding ortho intramolecular Hbond substituents is 1. The van der Waals surface area contributed by atoms with Gasteiger partial charge in [-0.15, -0.1) is 0 Å². The van der Waals surface area contributed by atoms with Crippen LogP contribution in [0.4, 0.5) is 5.69 Å². The van der Waals surface area contributed by atoms with Crippen LogP contribution in [0.5, 0.6) is 5.75 Å². The first-order chi connectivity index (χ1) is 7.54. The number of benzene rings is 1. The minimum absolute atomic E-state index is 0.0743. The van der Waals surface area contributed by atoms with Crippen LogP contribution in [0.2, 0.25) is 0 Å². The minimum Gasteiger partial charge on any atom is -0.506 e. The Morgan fingerprint density at radius 1 is 1.44 bits per heavy atom. The standard InChI is InChI=1S/C10H8N2O4/c11-4-3-9(14)12-7-2-1-6(10(15)16)5-8(7)13/h1-2,5,13H,3H2,(H,12,14)(H,15,16). The summed E-state index contributed by atoms with van der Waals surface area (Å²) in [5.74, 6) is -2.10. The summed E-state index contributed by atoms with van der Waals surface area (Å²) in [6.07, 6.45) is -0.333. The predicted molar refractivity (Wildman–Crippen MR) is 53.9 cm³/mol. The number of hydrogen-bond acceptors (Lipinski definition) is 4. The molecule has 0 saturated carbocycles. The molecular formula is C10H8N2O4. The van der Waals surface area contributed by atoms with Gasteiger partial charge >= 0.3 is 5.97 Å². The van der Waals surface area contributed by atoms with Crippen molar-refractivity contribution in [1.29, 1.82) is 5.26 Å². The molecule has 3 N–H and O–H groups in total. The van der Waals surface area contributed by atoms with Crippen LogP contribution in [0.1, 0.15) is 16.8 Å². The summed E-state index contributed by atoms with van der Waals surface area (Å²) in [7, 11) is 0. The summed E-state index contributed by atoms with van der Waals surface area (Å²) in [6, 6.07) is 5.17. The smallest absolute Gasteiger partial charge is 0.335 e. The lowest BCUT2D eigenvalue weighted by Gasteiger charge is -2.05. The van der Waals surface area contributed by atoms with Gasteiger partial charge in [-0.25, -0.2) is 4.79 Å². The molecule has 0 aliphatic carbocycles. The Labute approximate surface area is 90.7 Å². The van der Waals surface area contributed by atoms with Crippen molar-refractivity contribution < 1.29 is 19.8 Å². The van der Waals surface area contributed by atoms with Crippen molar-refractivity contribution in [2.75, 3.05) is 5.32 Å². The van der Waals surface area contributed by atoms with Gasteiger partial charge in [0.15, 0.2) is 0 Å². The molecule has 0 aliphatic rings. The van der Waals surface area contributed by atoms with Crippen molar-refractivity contribution >= 4 is 17.6 Å². The highest BCUT2D eigenvalue weighted by molar-refractivity contribution is 5.95. The number of amides is 1. The summed E-state index contributed by atoms with van der Waals surface area (Å²) >= 11 is 0. The molecule has 82 valence electrons. The summed E-state index contributed by atoms with van der Waals surface area (Å²) in [5, 5.41) is 28.5. The molecule has 0 heterocycles. The van der Waals surface area contributed by atoms with Crippen molar-refractivity contribution in [2.45, 2.75) is 6.42 Å². The molecule has 1 rings (SSSR count). The van der Waals surface area contributed by atoms with Crippen LogP contribution >= 0.6 is 0 Å². The first-order valence-corrected chi connectivity index (χ1v) is 4.27. The molecule has 0 fully saturated rings. The van der Waals surface area contributed by atoms with Crippen molar-refractivity contribution in [3.05, 3.63) is 23.8 Å². The maximum atomic E-state index is 11.0. The fraction of sp³-hybridized carbons (Fsp3) is 0.100. The third-order valence-corrected chi connectivity index (χ3v) is 1.76. The number of carboxylic acid groups (broad SMARTS) is 1. The average Bonchev–Trinajstić information content (AvgIpc) is 2.21. The molecule has 6 heteroatoms. The molecule has 1 amide bonds. The fourth-order valence-electron chi connectivity index (χ4n) is 1.04. The Kier molecular flexibility index (Phi) is 3.45. The second kappa shape index (κ2) is 4.79. The molecule has 1 aromatic carbocycles. The summed E-state index contributed by atoms with van der Waals surface area (Å²) in [6.45, 7) is 0. The van der Waals surface area contributed by atoms with E-state index in [1.807, 2.05) is 0 Å². The third kappa shape index (κ3) is 2.72. The monoisotopic (exact) mass is 220 g/mol.